The highest BCUT2D eigenvalue weighted by atomic mass is 127. The molecule has 7 heteroatoms. The Morgan fingerprint density at radius 2 is 2.15 bits per heavy atom. The summed E-state index contributed by atoms with van der Waals surface area (Å²) in [5.74, 6) is 0.818. The van der Waals surface area contributed by atoms with Gasteiger partial charge in [0.15, 0.2) is 5.96 Å². The summed E-state index contributed by atoms with van der Waals surface area (Å²) in [6.45, 7) is 6.96. The minimum Gasteiger partial charge on any atom is -0.355 e. The SMILES string of the molecule is CN=C(NCCN(C)C(C)C)NCc1ccnn1C.I. The Balaban J connectivity index is 0.00000361. The van der Waals surface area contributed by atoms with Gasteiger partial charge in [-0.3, -0.25) is 9.67 Å². The molecule has 0 unspecified atom stereocenters. The Hall–Kier alpha value is -0.830. The van der Waals surface area contributed by atoms with Gasteiger partial charge in [-0.25, -0.2) is 0 Å². The number of rotatable bonds is 6. The third kappa shape index (κ3) is 6.56. The molecule has 0 bridgehead atoms. The van der Waals surface area contributed by atoms with Crippen LogP contribution >= 0.6 is 24.0 Å². The second-order valence-electron chi connectivity index (χ2n) is 4.87. The molecule has 1 rings (SSSR count). The molecule has 0 spiro atoms. The van der Waals surface area contributed by atoms with Crippen LogP contribution < -0.4 is 10.6 Å². The number of nitrogens with one attached hydrogen (secondary N) is 2. The van der Waals surface area contributed by atoms with Gasteiger partial charge in [0, 0.05) is 39.4 Å². The molecular formula is C13H27IN6. The van der Waals surface area contributed by atoms with Gasteiger partial charge < -0.3 is 15.5 Å². The Bertz CT molecular complexity index is 401. The van der Waals surface area contributed by atoms with E-state index in [1.54, 1.807) is 13.2 Å². The summed E-state index contributed by atoms with van der Waals surface area (Å²) in [5, 5.41) is 10.7. The van der Waals surface area contributed by atoms with E-state index in [0.29, 0.717) is 6.04 Å². The van der Waals surface area contributed by atoms with Gasteiger partial charge in [0.1, 0.15) is 0 Å². The summed E-state index contributed by atoms with van der Waals surface area (Å²) >= 11 is 0. The van der Waals surface area contributed by atoms with E-state index >= 15 is 0 Å². The van der Waals surface area contributed by atoms with Crippen LogP contribution in [0.25, 0.3) is 0 Å². The summed E-state index contributed by atoms with van der Waals surface area (Å²) < 4.78 is 1.85. The van der Waals surface area contributed by atoms with Gasteiger partial charge in [0.25, 0.3) is 0 Å². The third-order valence-electron chi connectivity index (χ3n) is 3.22. The standard InChI is InChI=1S/C13H26N6.HI/c1-11(2)18(4)9-8-15-13(14-3)16-10-12-6-7-17-19(12)5;/h6-7,11H,8-10H2,1-5H3,(H2,14,15,16);1H. The van der Waals surface area contributed by atoms with Gasteiger partial charge >= 0.3 is 0 Å². The zero-order valence-corrected chi connectivity index (χ0v) is 15.4. The molecule has 0 saturated heterocycles. The average Bonchev–Trinajstić information content (AvgIpc) is 2.78. The minimum absolute atomic E-state index is 0. The summed E-state index contributed by atoms with van der Waals surface area (Å²) in [6.07, 6.45) is 1.80. The first-order chi connectivity index (χ1) is 9.04. The number of aryl methyl sites for hydroxylation is 1. The Labute approximate surface area is 139 Å². The second kappa shape index (κ2) is 9.98. The first-order valence-electron chi connectivity index (χ1n) is 6.66. The number of hydrogen-bond acceptors (Lipinski definition) is 3. The highest BCUT2D eigenvalue weighted by molar-refractivity contribution is 14.0. The first-order valence-corrected chi connectivity index (χ1v) is 6.66. The quantitative estimate of drug-likeness (QED) is 0.430. The molecule has 1 aromatic rings. The molecule has 116 valence electrons. The van der Waals surface area contributed by atoms with Gasteiger partial charge in [-0.1, -0.05) is 0 Å². The Morgan fingerprint density at radius 3 is 2.65 bits per heavy atom. The number of hydrogen-bond donors (Lipinski definition) is 2. The molecule has 1 aromatic heterocycles. The number of nitrogens with zero attached hydrogens (tertiary/aromatic N) is 4. The van der Waals surface area contributed by atoms with E-state index in [0.717, 1.165) is 31.3 Å². The fraction of sp³-hybridized carbons (Fsp3) is 0.692. The fourth-order valence-corrected chi connectivity index (χ4v) is 1.58. The third-order valence-corrected chi connectivity index (χ3v) is 3.22. The van der Waals surface area contributed by atoms with Gasteiger partial charge in [0.05, 0.1) is 12.2 Å². The van der Waals surface area contributed by atoms with Crippen LogP contribution in [0.2, 0.25) is 0 Å². The van der Waals surface area contributed by atoms with Crippen molar-refractivity contribution in [1.82, 2.24) is 25.3 Å². The maximum atomic E-state index is 4.21. The molecule has 0 aromatic carbocycles. The predicted octanol–water partition coefficient (Wildman–Crippen LogP) is 1.04. The number of guanidine groups is 1. The maximum Gasteiger partial charge on any atom is 0.191 e. The van der Waals surface area contributed by atoms with Crippen molar-refractivity contribution in [3.05, 3.63) is 18.0 Å². The van der Waals surface area contributed by atoms with Gasteiger partial charge in [-0.2, -0.15) is 5.10 Å². The van der Waals surface area contributed by atoms with Crippen LogP contribution in [0.3, 0.4) is 0 Å². The number of halogens is 1. The smallest absolute Gasteiger partial charge is 0.191 e. The molecule has 6 nitrogen and oxygen atoms in total. The summed E-state index contributed by atoms with van der Waals surface area (Å²) in [4.78, 5) is 6.50. The molecule has 0 atom stereocenters. The first kappa shape index (κ1) is 19.2. The number of likely N-dealkylation sites (N-methyl/N-ethyl adjacent to an activating group) is 1. The molecule has 1 heterocycles. The molecule has 2 N–H and O–H groups in total. The van der Waals surface area contributed by atoms with Crippen LogP contribution in [0.1, 0.15) is 19.5 Å². The molecule has 0 aliphatic heterocycles. The molecule has 0 radical (unpaired) electrons. The van der Waals surface area contributed by atoms with Crippen LogP contribution in [0.15, 0.2) is 17.3 Å². The van der Waals surface area contributed by atoms with Crippen LogP contribution in [-0.4, -0.2) is 53.9 Å². The lowest BCUT2D eigenvalue weighted by Crippen LogP contribution is -2.41. The van der Waals surface area contributed by atoms with Crippen molar-refractivity contribution in [2.75, 3.05) is 27.2 Å². The van der Waals surface area contributed by atoms with Crippen molar-refractivity contribution >= 4 is 29.9 Å². The Kier molecular flexibility index (Phi) is 9.56. The van der Waals surface area contributed by atoms with E-state index < -0.39 is 0 Å². The van der Waals surface area contributed by atoms with Gasteiger partial charge in [-0.05, 0) is 27.0 Å². The summed E-state index contributed by atoms with van der Waals surface area (Å²) in [7, 11) is 5.84. The molecule has 0 aliphatic carbocycles. The van der Waals surface area contributed by atoms with Crippen LogP contribution in [0, 0.1) is 0 Å². The monoisotopic (exact) mass is 394 g/mol. The van der Waals surface area contributed by atoms with Crippen LogP contribution in [0.5, 0.6) is 0 Å². The maximum absolute atomic E-state index is 4.21. The predicted molar refractivity (Wildman–Crippen MR) is 94.6 cm³/mol. The van der Waals surface area contributed by atoms with E-state index in [-0.39, 0.29) is 24.0 Å². The minimum atomic E-state index is 0. The molecule has 20 heavy (non-hydrogen) atoms. The van der Waals surface area contributed by atoms with E-state index in [2.05, 4.69) is 46.5 Å². The van der Waals surface area contributed by atoms with E-state index in [9.17, 15) is 0 Å². The highest BCUT2D eigenvalue weighted by Gasteiger charge is 2.04. The summed E-state index contributed by atoms with van der Waals surface area (Å²) in [5.41, 5.74) is 1.13. The van der Waals surface area contributed by atoms with Gasteiger partial charge in [-0.15, -0.1) is 24.0 Å². The average molecular weight is 394 g/mol. The van der Waals surface area contributed by atoms with Crippen molar-refractivity contribution in [1.29, 1.82) is 0 Å². The topological polar surface area (TPSA) is 57.5 Å². The lowest BCUT2D eigenvalue weighted by atomic mass is 10.3. The zero-order valence-electron chi connectivity index (χ0n) is 13.1. The van der Waals surface area contributed by atoms with Crippen LogP contribution in [-0.2, 0) is 13.6 Å². The van der Waals surface area contributed by atoms with E-state index in [1.807, 2.05) is 17.8 Å². The normalized spacial score (nSPS) is 11.7. The lowest BCUT2D eigenvalue weighted by Gasteiger charge is -2.21. The molecular weight excluding hydrogens is 367 g/mol. The van der Waals surface area contributed by atoms with Crippen molar-refractivity contribution in [2.45, 2.75) is 26.4 Å². The van der Waals surface area contributed by atoms with Crippen LogP contribution in [0.4, 0.5) is 0 Å². The Morgan fingerprint density at radius 1 is 1.45 bits per heavy atom. The molecule has 0 fully saturated rings. The van der Waals surface area contributed by atoms with Crippen molar-refractivity contribution in [2.24, 2.45) is 12.0 Å². The number of aromatic nitrogens is 2. The van der Waals surface area contributed by atoms with E-state index in [4.69, 9.17) is 0 Å². The van der Waals surface area contributed by atoms with E-state index in [1.165, 1.54) is 0 Å². The second-order valence-corrected chi connectivity index (χ2v) is 4.87. The fourth-order valence-electron chi connectivity index (χ4n) is 1.58. The van der Waals surface area contributed by atoms with Crippen molar-refractivity contribution in [3.8, 4) is 0 Å². The zero-order chi connectivity index (χ0) is 14.3. The van der Waals surface area contributed by atoms with Crippen molar-refractivity contribution in [3.63, 3.8) is 0 Å². The number of aliphatic imine (C=N–C) groups is 1. The summed E-state index contributed by atoms with van der Waals surface area (Å²) in [6, 6.07) is 2.55. The molecule has 0 amide bonds. The highest BCUT2D eigenvalue weighted by Crippen LogP contribution is 1.94. The molecule has 0 aliphatic rings. The van der Waals surface area contributed by atoms with Crippen molar-refractivity contribution < 1.29 is 0 Å². The molecule has 0 saturated carbocycles. The largest absolute Gasteiger partial charge is 0.355 e. The van der Waals surface area contributed by atoms with Gasteiger partial charge in [0.2, 0.25) is 0 Å². The lowest BCUT2D eigenvalue weighted by molar-refractivity contribution is 0.278.